The SMILES string of the molecule is CC1(C)NC(C2CCC2)C(=O)NC1=O. The van der Waals surface area contributed by atoms with E-state index in [1.807, 2.05) is 0 Å². The number of hydrogen-bond donors (Lipinski definition) is 2. The molecule has 78 valence electrons. The first-order valence-electron chi connectivity index (χ1n) is 5.14. The molecular weight excluding hydrogens is 180 g/mol. The maximum absolute atomic E-state index is 11.5. The zero-order chi connectivity index (χ0) is 10.3. The Morgan fingerprint density at radius 1 is 1.29 bits per heavy atom. The summed E-state index contributed by atoms with van der Waals surface area (Å²) in [4.78, 5) is 22.9. The van der Waals surface area contributed by atoms with Gasteiger partial charge in [0.05, 0.1) is 11.6 Å². The molecule has 14 heavy (non-hydrogen) atoms. The Kier molecular flexibility index (Phi) is 2.10. The zero-order valence-electron chi connectivity index (χ0n) is 8.59. The summed E-state index contributed by atoms with van der Waals surface area (Å²) in [7, 11) is 0. The van der Waals surface area contributed by atoms with Crippen LogP contribution in [0, 0.1) is 5.92 Å². The maximum Gasteiger partial charge on any atom is 0.246 e. The summed E-state index contributed by atoms with van der Waals surface area (Å²) < 4.78 is 0. The molecule has 0 spiro atoms. The van der Waals surface area contributed by atoms with Gasteiger partial charge in [-0.1, -0.05) is 6.42 Å². The third-order valence-electron chi connectivity index (χ3n) is 3.22. The quantitative estimate of drug-likeness (QED) is 0.588. The van der Waals surface area contributed by atoms with E-state index in [0.717, 1.165) is 12.8 Å². The molecule has 4 heteroatoms. The molecule has 1 saturated carbocycles. The van der Waals surface area contributed by atoms with Gasteiger partial charge in [0, 0.05) is 0 Å². The van der Waals surface area contributed by atoms with Crippen LogP contribution in [0.1, 0.15) is 33.1 Å². The minimum absolute atomic E-state index is 0.154. The molecule has 1 heterocycles. The van der Waals surface area contributed by atoms with Crippen LogP contribution in [-0.4, -0.2) is 23.4 Å². The lowest BCUT2D eigenvalue weighted by molar-refractivity contribution is -0.141. The molecule has 1 atom stereocenters. The Balaban J connectivity index is 2.11. The van der Waals surface area contributed by atoms with E-state index in [1.165, 1.54) is 6.42 Å². The van der Waals surface area contributed by atoms with Crippen molar-refractivity contribution in [3.05, 3.63) is 0 Å². The molecule has 2 amide bonds. The second kappa shape index (κ2) is 3.05. The van der Waals surface area contributed by atoms with Gasteiger partial charge in [0.15, 0.2) is 0 Å². The smallest absolute Gasteiger partial charge is 0.246 e. The highest BCUT2D eigenvalue weighted by atomic mass is 16.2. The molecule has 2 N–H and O–H groups in total. The first-order chi connectivity index (χ1) is 6.50. The van der Waals surface area contributed by atoms with Crippen molar-refractivity contribution in [1.29, 1.82) is 0 Å². The van der Waals surface area contributed by atoms with Crippen LogP contribution in [0.25, 0.3) is 0 Å². The molecular formula is C10H16N2O2. The number of nitrogens with one attached hydrogen (secondary N) is 2. The standard InChI is InChI=1S/C10H16N2O2/c1-10(2)9(14)11-8(13)7(12-10)6-4-3-5-6/h6-7,12H,3-5H2,1-2H3,(H,11,13,14). The molecule has 0 aromatic carbocycles. The summed E-state index contributed by atoms with van der Waals surface area (Å²) >= 11 is 0. The number of hydrogen-bond acceptors (Lipinski definition) is 3. The topological polar surface area (TPSA) is 58.2 Å². The van der Waals surface area contributed by atoms with Gasteiger partial charge in [0.1, 0.15) is 0 Å². The summed E-state index contributed by atoms with van der Waals surface area (Å²) in [5.41, 5.74) is -0.617. The molecule has 2 aliphatic rings. The van der Waals surface area contributed by atoms with Crippen LogP contribution in [0.4, 0.5) is 0 Å². The van der Waals surface area contributed by atoms with Crippen LogP contribution in [0.15, 0.2) is 0 Å². The molecule has 0 bridgehead atoms. The molecule has 4 nitrogen and oxygen atoms in total. The van der Waals surface area contributed by atoms with Crippen LogP contribution in [0.5, 0.6) is 0 Å². The third kappa shape index (κ3) is 1.43. The van der Waals surface area contributed by atoms with Gasteiger partial charge in [0.25, 0.3) is 0 Å². The summed E-state index contributed by atoms with van der Waals surface area (Å²) in [6.07, 6.45) is 3.38. The van der Waals surface area contributed by atoms with Gasteiger partial charge in [-0.15, -0.1) is 0 Å². The largest absolute Gasteiger partial charge is 0.293 e. The zero-order valence-corrected chi connectivity index (χ0v) is 8.59. The lowest BCUT2D eigenvalue weighted by atomic mass is 9.77. The van der Waals surface area contributed by atoms with Gasteiger partial charge in [0.2, 0.25) is 11.8 Å². The van der Waals surface area contributed by atoms with Crippen LogP contribution < -0.4 is 10.6 Å². The minimum atomic E-state index is -0.617. The molecule has 2 rings (SSSR count). The predicted octanol–water partition coefficient (Wildman–Crippen LogP) is 0.180. The van der Waals surface area contributed by atoms with Gasteiger partial charge < -0.3 is 0 Å². The Hall–Kier alpha value is -0.900. The fourth-order valence-corrected chi connectivity index (χ4v) is 1.97. The summed E-state index contributed by atoms with van der Waals surface area (Å²) in [6.45, 7) is 3.61. The second-order valence-corrected chi connectivity index (χ2v) is 4.76. The molecule has 0 radical (unpaired) electrons. The van der Waals surface area contributed by atoms with E-state index in [2.05, 4.69) is 10.6 Å². The van der Waals surface area contributed by atoms with E-state index in [0.29, 0.717) is 5.92 Å². The van der Waals surface area contributed by atoms with Gasteiger partial charge in [-0.05, 0) is 32.6 Å². The molecule has 1 saturated heterocycles. The maximum atomic E-state index is 11.5. The van der Waals surface area contributed by atoms with Crippen LogP contribution in [0.2, 0.25) is 0 Å². The minimum Gasteiger partial charge on any atom is -0.293 e. The van der Waals surface area contributed by atoms with Crippen molar-refractivity contribution in [3.8, 4) is 0 Å². The number of rotatable bonds is 1. The fourth-order valence-electron chi connectivity index (χ4n) is 1.97. The lowest BCUT2D eigenvalue weighted by Crippen LogP contribution is -2.69. The van der Waals surface area contributed by atoms with Gasteiger partial charge in [-0.25, -0.2) is 0 Å². The Bertz CT molecular complexity index is 282. The van der Waals surface area contributed by atoms with Crippen LogP contribution in [-0.2, 0) is 9.59 Å². The van der Waals surface area contributed by atoms with Gasteiger partial charge in [-0.2, -0.15) is 0 Å². The highest BCUT2D eigenvalue weighted by Gasteiger charge is 2.44. The average molecular weight is 196 g/mol. The monoisotopic (exact) mass is 196 g/mol. The lowest BCUT2D eigenvalue weighted by Gasteiger charge is -2.41. The third-order valence-corrected chi connectivity index (χ3v) is 3.22. The number of amides is 2. The van der Waals surface area contributed by atoms with Crippen molar-refractivity contribution in [3.63, 3.8) is 0 Å². The van der Waals surface area contributed by atoms with E-state index >= 15 is 0 Å². The molecule has 0 aromatic rings. The van der Waals surface area contributed by atoms with Crippen molar-refractivity contribution in [1.82, 2.24) is 10.6 Å². The highest BCUT2D eigenvalue weighted by Crippen LogP contribution is 2.31. The fraction of sp³-hybridized carbons (Fsp3) is 0.800. The van der Waals surface area contributed by atoms with Gasteiger partial charge in [-0.3, -0.25) is 20.2 Å². The number of piperazine rings is 1. The van der Waals surface area contributed by atoms with E-state index in [1.54, 1.807) is 13.8 Å². The van der Waals surface area contributed by atoms with E-state index in [4.69, 9.17) is 0 Å². The molecule has 0 aromatic heterocycles. The summed E-state index contributed by atoms with van der Waals surface area (Å²) in [6, 6.07) is -0.170. The number of imide groups is 1. The number of carbonyl (C=O) groups excluding carboxylic acids is 2. The van der Waals surface area contributed by atoms with Crippen molar-refractivity contribution in [2.24, 2.45) is 5.92 Å². The molecule has 1 aliphatic heterocycles. The predicted molar refractivity (Wildman–Crippen MR) is 51.5 cm³/mol. The molecule has 1 unspecified atom stereocenters. The number of carbonyl (C=O) groups is 2. The normalized spacial score (nSPS) is 32.3. The van der Waals surface area contributed by atoms with E-state index < -0.39 is 5.54 Å². The van der Waals surface area contributed by atoms with E-state index in [9.17, 15) is 9.59 Å². The Labute approximate surface area is 83.4 Å². The summed E-state index contributed by atoms with van der Waals surface area (Å²) in [5.74, 6) is 0.0412. The first kappa shape index (κ1) is 9.65. The molecule has 2 fully saturated rings. The Morgan fingerprint density at radius 2 is 1.93 bits per heavy atom. The van der Waals surface area contributed by atoms with Crippen molar-refractivity contribution < 1.29 is 9.59 Å². The van der Waals surface area contributed by atoms with Crippen molar-refractivity contribution in [2.45, 2.75) is 44.7 Å². The van der Waals surface area contributed by atoms with Crippen LogP contribution >= 0.6 is 0 Å². The Morgan fingerprint density at radius 3 is 2.43 bits per heavy atom. The molecule has 1 aliphatic carbocycles. The highest BCUT2D eigenvalue weighted by molar-refractivity contribution is 6.04. The van der Waals surface area contributed by atoms with Crippen molar-refractivity contribution in [2.75, 3.05) is 0 Å². The van der Waals surface area contributed by atoms with Crippen molar-refractivity contribution >= 4 is 11.8 Å². The van der Waals surface area contributed by atoms with E-state index in [-0.39, 0.29) is 17.9 Å². The van der Waals surface area contributed by atoms with Crippen LogP contribution in [0.3, 0.4) is 0 Å². The van der Waals surface area contributed by atoms with Gasteiger partial charge >= 0.3 is 0 Å². The second-order valence-electron chi connectivity index (χ2n) is 4.76. The summed E-state index contributed by atoms with van der Waals surface area (Å²) in [5, 5.41) is 5.56. The average Bonchev–Trinajstić information content (AvgIpc) is 1.96. The first-order valence-corrected chi connectivity index (χ1v) is 5.14.